The molecule has 2 aromatic carbocycles. The van der Waals surface area contributed by atoms with Crippen molar-refractivity contribution in [1.29, 1.82) is 0 Å². The van der Waals surface area contributed by atoms with E-state index in [-0.39, 0.29) is 25.9 Å². The van der Waals surface area contributed by atoms with Gasteiger partial charge in [-0.1, -0.05) is 13.8 Å². The zero-order valence-electron chi connectivity index (χ0n) is 26.9. The smallest absolute Gasteiger partial charge is 0.475 e. The van der Waals surface area contributed by atoms with Gasteiger partial charge < -0.3 is 20.3 Å². The number of amides is 5. The summed E-state index contributed by atoms with van der Waals surface area (Å²) in [5.41, 5.74) is -1.38. The molecule has 19 heteroatoms. The van der Waals surface area contributed by atoms with Crippen molar-refractivity contribution >= 4 is 46.4 Å². The molecule has 0 aliphatic carbocycles. The van der Waals surface area contributed by atoms with Crippen LogP contribution in [-0.4, -0.2) is 92.5 Å². The van der Waals surface area contributed by atoms with Crippen molar-refractivity contribution in [3.8, 4) is 0 Å². The first-order valence-corrected chi connectivity index (χ1v) is 14.9. The van der Waals surface area contributed by atoms with Gasteiger partial charge >= 0.3 is 24.4 Å². The van der Waals surface area contributed by atoms with Gasteiger partial charge in [0.15, 0.2) is 0 Å². The number of hydrogen-bond donors (Lipinski definition) is 3. The monoisotopic (exact) mass is 716 g/mol. The lowest BCUT2D eigenvalue weighted by Gasteiger charge is -2.43. The summed E-state index contributed by atoms with van der Waals surface area (Å²) in [7, 11) is 1.40. The van der Waals surface area contributed by atoms with E-state index in [1.54, 1.807) is 39.0 Å². The minimum atomic E-state index is -5.08. The number of nitrogens with zero attached hydrogens (tertiary/aromatic N) is 4. The molecule has 0 saturated carbocycles. The molecule has 1 aromatic heterocycles. The number of fused-ring (bicyclic) bond motifs is 1. The number of H-pyrrole nitrogens is 1. The van der Waals surface area contributed by atoms with Crippen molar-refractivity contribution < 1.29 is 59.8 Å². The number of imidazole rings is 1. The molecule has 3 aromatic rings. The van der Waals surface area contributed by atoms with E-state index in [9.17, 15) is 49.9 Å². The van der Waals surface area contributed by atoms with Gasteiger partial charge in [-0.05, 0) is 62.1 Å². The Labute approximate surface area is 279 Å². The highest BCUT2D eigenvalue weighted by Gasteiger charge is 2.58. The van der Waals surface area contributed by atoms with Crippen molar-refractivity contribution in [2.24, 2.45) is 5.92 Å². The number of urea groups is 1. The number of aliphatic carboxylic acids is 1. The highest BCUT2D eigenvalue weighted by Crippen LogP contribution is 2.41. The Morgan fingerprint density at radius 2 is 1.60 bits per heavy atom. The van der Waals surface area contributed by atoms with Gasteiger partial charge in [-0.15, -0.1) is 0 Å². The lowest BCUT2D eigenvalue weighted by Crippen LogP contribution is -2.60. The number of carbonyl (C=O) groups is 5. The van der Waals surface area contributed by atoms with E-state index in [0.29, 0.717) is 40.7 Å². The van der Waals surface area contributed by atoms with Crippen LogP contribution in [0.1, 0.15) is 48.4 Å². The zero-order chi connectivity index (χ0) is 37.5. The number of anilines is 1. The largest absolute Gasteiger partial charge is 0.490 e. The number of imide groups is 1. The topological polar surface area (TPSA) is 156 Å². The van der Waals surface area contributed by atoms with E-state index in [4.69, 9.17) is 9.90 Å². The summed E-state index contributed by atoms with van der Waals surface area (Å²) in [5.74, 6) is -5.81. The van der Waals surface area contributed by atoms with Gasteiger partial charge in [0.2, 0.25) is 5.91 Å². The molecule has 5 amide bonds. The first-order chi connectivity index (χ1) is 23.1. The van der Waals surface area contributed by atoms with Gasteiger partial charge in [-0.25, -0.2) is 19.0 Å². The first kappa shape index (κ1) is 37.6. The first-order valence-electron chi connectivity index (χ1n) is 14.9. The molecule has 1 spiro atoms. The van der Waals surface area contributed by atoms with E-state index >= 15 is 0 Å². The van der Waals surface area contributed by atoms with Crippen molar-refractivity contribution in [2.45, 2.75) is 57.5 Å². The van der Waals surface area contributed by atoms with Crippen LogP contribution in [0, 0.1) is 18.7 Å². The van der Waals surface area contributed by atoms with E-state index < -0.39 is 76.5 Å². The van der Waals surface area contributed by atoms with E-state index in [1.807, 2.05) is 0 Å². The summed E-state index contributed by atoms with van der Waals surface area (Å²) in [5, 5.41) is 9.53. The van der Waals surface area contributed by atoms with Gasteiger partial charge in [0, 0.05) is 25.8 Å². The number of rotatable bonds is 5. The molecule has 2 fully saturated rings. The van der Waals surface area contributed by atoms with Crippen LogP contribution in [0.5, 0.6) is 0 Å². The highest BCUT2D eigenvalue weighted by atomic mass is 19.4. The minimum Gasteiger partial charge on any atom is -0.475 e. The Morgan fingerprint density at radius 3 is 2.14 bits per heavy atom. The fourth-order valence-electron chi connectivity index (χ4n) is 5.79. The van der Waals surface area contributed by atoms with Gasteiger partial charge in [0.1, 0.15) is 23.2 Å². The maximum atomic E-state index is 14.4. The van der Waals surface area contributed by atoms with Gasteiger partial charge in [-0.3, -0.25) is 24.2 Å². The fraction of sp³-hybridized carbons (Fsp3) is 0.419. The third-order valence-corrected chi connectivity index (χ3v) is 8.35. The lowest BCUT2D eigenvalue weighted by molar-refractivity contribution is -0.192. The zero-order valence-corrected chi connectivity index (χ0v) is 26.9. The second-order valence-corrected chi connectivity index (χ2v) is 12.1. The number of hydrogen-bond acceptors (Lipinski definition) is 6. The van der Waals surface area contributed by atoms with Crippen LogP contribution in [0.15, 0.2) is 36.4 Å². The maximum Gasteiger partial charge on any atom is 0.490 e. The molecule has 3 N–H and O–H groups in total. The van der Waals surface area contributed by atoms with E-state index in [0.717, 1.165) is 4.90 Å². The molecule has 270 valence electrons. The Hall–Kier alpha value is -5.23. The number of alkyl halides is 6. The van der Waals surface area contributed by atoms with Crippen molar-refractivity contribution in [3.63, 3.8) is 0 Å². The van der Waals surface area contributed by atoms with E-state index in [1.165, 1.54) is 16.8 Å². The molecule has 2 aliphatic heterocycles. The molecular formula is C31H31F7N6O6. The number of likely N-dealkylation sites (N-methyl/N-ethyl adjacent to an activating group) is 1. The number of aryl methyl sites for hydroxylation is 1. The van der Waals surface area contributed by atoms with Crippen molar-refractivity contribution in [3.05, 3.63) is 59.2 Å². The molecule has 2 aliphatic rings. The van der Waals surface area contributed by atoms with E-state index in [2.05, 4.69) is 15.3 Å². The molecule has 1 atom stereocenters. The summed E-state index contributed by atoms with van der Waals surface area (Å²) in [6.07, 6.45) is -9.66. The quantitative estimate of drug-likeness (QED) is 0.251. The van der Waals surface area contributed by atoms with Crippen LogP contribution in [0.4, 0.5) is 41.2 Å². The second-order valence-electron chi connectivity index (χ2n) is 12.1. The van der Waals surface area contributed by atoms with Gasteiger partial charge in [0.25, 0.3) is 11.8 Å². The molecule has 0 radical (unpaired) electrons. The second kappa shape index (κ2) is 13.6. The highest BCUT2D eigenvalue weighted by molar-refractivity contribution is 6.17. The Kier molecular flexibility index (Phi) is 10.2. The number of piperidine rings is 1. The van der Waals surface area contributed by atoms with Crippen LogP contribution >= 0.6 is 0 Å². The number of aromatic nitrogens is 2. The number of carboxylic acids is 1. The summed E-state index contributed by atoms with van der Waals surface area (Å²) < 4.78 is 85.6. The summed E-state index contributed by atoms with van der Waals surface area (Å²) in [6, 6.07) is 5.02. The molecule has 2 saturated heterocycles. The summed E-state index contributed by atoms with van der Waals surface area (Å²) in [4.78, 5) is 73.5. The number of aromatic amines is 1. The summed E-state index contributed by atoms with van der Waals surface area (Å²) in [6.45, 7) is 5.20. The van der Waals surface area contributed by atoms with Gasteiger partial charge in [0.05, 0.1) is 22.2 Å². The molecule has 3 heterocycles. The number of carboxylic acid groups (broad SMARTS) is 1. The average molecular weight is 717 g/mol. The number of likely N-dealkylation sites (tertiary alicyclic amines) is 1. The maximum absolute atomic E-state index is 14.4. The van der Waals surface area contributed by atoms with Crippen molar-refractivity contribution in [1.82, 2.24) is 25.1 Å². The number of carbonyl (C=O) groups excluding carboxylic acids is 4. The molecule has 12 nitrogen and oxygen atoms in total. The molecular weight excluding hydrogens is 685 g/mol. The van der Waals surface area contributed by atoms with Crippen LogP contribution in [-0.2, 0) is 20.6 Å². The molecule has 0 bridgehead atoms. The predicted molar refractivity (Wildman–Crippen MR) is 161 cm³/mol. The van der Waals surface area contributed by atoms with Crippen LogP contribution in [0.2, 0.25) is 0 Å². The Bertz CT molecular complexity index is 1830. The third-order valence-electron chi connectivity index (χ3n) is 8.35. The standard InChI is InChI=1S/C29H30F4N6O4.C2HF3O2/c1-15(2)23(36-24(40)19-13-17(29(31,32)33)5-7-20(19)30)25(41)38-11-9-28(10-12-38)26(42)37(4)27(43)39(28)18-6-8-21-22(14-18)35-16(3)34-21;3-2(4,5)1(6)7/h5-8,13-15,23H,9-12H2,1-4H3,(H,34,35)(H,36,40);(H,6,7)/t23-;/m1./s1. The molecule has 5 rings (SSSR count). The summed E-state index contributed by atoms with van der Waals surface area (Å²) >= 11 is 0. The van der Waals surface area contributed by atoms with Crippen LogP contribution in [0.3, 0.4) is 0 Å². The van der Waals surface area contributed by atoms with Crippen LogP contribution < -0.4 is 10.2 Å². The normalized spacial score (nSPS) is 16.9. The third kappa shape index (κ3) is 7.35. The Balaban J connectivity index is 0.000000727. The lowest BCUT2D eigenvalue weighted by atomic mass is 9.85. The Morgan fingerprint density at radius 1 is 1.00 bits per heavy atom. The average Bonchev–Trinajstić information content (AvgIpc) is 3.48. The number of nitrogens with one attached hydrogen (secondary N) is 2. The van der Waals surface area contributed by atoms with Gasteiger partial charge in [-0.2, -0.15) is 26.3 Å². The van der Waals surface area contributed by atoms with Crippen LogP contribution in [0.25, 0.3) is 11.0 Å². The van der Waals surface area contributed by atoms with Crippen molar-refractivity contribution in [2.75, 3.05) is 25.0 Å². The fourth-order valence-corrected chi connectivity index (χ4v) is 5.79. The molecule has 0 unspecified atom stereocenters. The number of benzene rings is 2. The minimum absolute atomic E-state index is 0.0601. The predicted octanol–water partition coefficient (Wildman–Crippen LogP) is 4.88. The SMILES string of the molecule is Cc1nc2ccc(N3C(=O)N(C)C(=O)C34CCN(C(=O)[C@H](NC(=O)c3cc(C(F)(F)F)ccc3F)C(C)C)CC4)cc2[nH]1.O=C(O)C(F)(F)F. The number of halogens is 7. The molecule has 50 heavy (non-hydrogen) atoms.